The molecule has 0 saturated heterocycles. The Morgan fingerprint density at radius 3 is 1.57 bits per heavy atom. The van der Waals surface area contributed by atoms with Gasteiger partial charge < -0.3 is 9.47 Å². The standard InChI is InChI=1S/C24H42O4/c1-3-5-7-9-10-11-12-13-14-15-16-18-22-28-24(26)20-19-23(25)27-21-17-8-6-4-2/h6,8,19-20H,3-5,7,9-18,21-22H2,1-2H3/b8-6-,20-19+. The molecule has 0 fully saturated rings. The van der Waals surface area contributed by atoms with Crippen LogP contribution in [-0.4, -0.2) is 25.2 Å². The Kier molecular flexibility index (Phi) is 20.5. The van der Waals surface area contributed by atoms with Crippen molar-refractivity contribution in [3.63, 3.8) is 0 Å². The summed E-state index contributed by atoms with van der Waals surface area (Å²) in [4.78, 5) is 23.0. The van der Waals surface area contributed by atoms with Gasteiger partial charge >= 0.3 is 11.9 Å². The number of esters is 2. The van der Waals surface area contributed by atoms with Crippen molar-refractivity contribution in [1.29, 1.82) is 0 Å². The minimum atomic E-state index is -0.507. The van der Waals surface area contributed by atoms with E-state index in [0.29, 0.717) is 19.6 Å². The van der Waals surface area contributed by atoms with Crippen LogP contribution in [-0.2, 0) is 19.1 Å². The van der Waals surface area contributed by atoms with Gasteiger partial charge in [-0.3, -0.25) is 0 Å². The van der Waals surface area contributed by atoms with Crippen LogP contribution in [0.4, 0.5) is 0 Å². The lowest BCUT2D eigenvalue weighted by Gasteiger charge is -2.03. The van der Waals surface area contributed by atoms with E-state index in [1.807, 2.05) is 19.1 Å². The lowest BCUT2D eigenvalue weighted by Crippen LogP contribution is -2.06. The highest BCUT2D eigenvalue weighted by Crippen LogP contribution is 2.11. The van der Waals surface area contributed by atoms with Crippen molar-refractivity contribution in [3.8, 4) is 0 Å². The van der Waals surface area contributed by atoms with Crippen LogP contribution in [0.5, 0.6) is 0 Å². The quantitative estimate of drug-likeness (QED) is 0.106. The summed E-state index contributed by atoms with van der Waals surface area (Å²) in [6.07, 6.45) is 23.2. The molecular weight excluding hydrogens is 352 g/mol. The van der Waals surface area contributed by atoms with Crippen molar-refractivity contribution >= 4 is 11.9 Å². The summed E-state index contributed by atoms with van der Waals surface area (Å²) < 4.78 is 10.1. The van der Waals surface area contributed by atoms with Crippen LogP contribution in [0.15, 0.2) is 24.3 Å². The first-order valence-electron chi connectivity index (χ1n) is 11.4. The zero-order valence-electron chi connectivity index (χ0n) is 18.3. The van der Waals surface area contributed by atoms with Crippen LogP contribution >= 0.6 is 0 Å². The molecule has 0 unspecified atom stereocenters. The first-order valence-corrected chi connectivity index (χ1v) is 11.4. The smallest absolute Gasteiger partial charge is 0.331 e. The molecule has 0 bridgehead atoms. The molecule has 0 aromatic rings. The number of hydrogen-bond donors (Lipinski definition) is 0. The molecule has 0 aromatic heterocycles. The number of carbonyl (C=O) groups excluding carboxylic acids is 2. The van der Waals surface area contributed by atoms with Crippen molar-refractivity contribution in [2.45, 2.75) is 104 Å². The number of allylic oxidation sites excluding steroid dienone is 1. The third kappa shape index (κ3) is 20.7. The molecule has 0 saturated carbocycles. The summed E-state index contributed by atoms with van der Waals surface area (Å²) in [6.45, 7) is 5.04. The van der Waals surface area contributed by atoms with Gasteiger partial charge in [0.25, 0.3) is 0 Å². The Balaban J connectivity index is 3.40. The van der Waals surface area contributed by atoms with Crippen LogP contribution in [0, 0.1) is 0 Å². The van der Waals surface area contributed by atoms with Gasteiger partial charge in [0.05, 0.1) is 13.2 Å². The minimum Gasteiger partial charge on any atom is -0.463 e. The van der Waals surface area contributed by atoms with Gasteiger partial charge in [-0.2, -0.15) is 0 Å². The third-order valence-electron chi connectivity index (χ3n) is 4.53. The van der Waals surface area contributed by atoms with Gasteiger partial charge in [-0.25, -0.2) is 9.59 Å². The van der Waals surface area contributed by atoms with Crippen molar-refractivity contribution in [2.24, 2.45) is 0 Å². The summed E-state index contributed by atoms with van der Waals surface area (Å²) >= 11 is 0. The molecule has 0 atom stereocenters. The van der Waals surface area contributed by atoms with E-state index in [1.54, 1.807) is 0 Å². The maximum atomic E-state index is 11.5. The van der Waals surface area contributed by atoms with E-state index < -0.39 is 11.9 Å². The van der Waals surface area contributed by atoms with E-state index in [2.05, 4.69) is 6.92 Å². The predicted octanol–water partition coefficient (Wildman–Crippen LogP) is 6.69. The van der Waals surface area contributed by atoms with Gasteiger partial charge in [-0.05, 0) is 19.3 Å². The van der Waals surface area contributed by atoms with Crippen molar-refractivity contribution in [2.75, 3.05) is 13.2 Å². The molecule has 0 rings (SSSR count). The summed E-state index contributed by atoms with van der Waals surface area (Å²) in [5.41, 5.74) is 0. The van der Waals surface area contributed by atoms with E-state index in [9.17, 15) is 9.59 Å². The Morgan fingerprint density at radius 1 is 0.607 bits per heavy atom. The molecule has 4 nitrogen and oxygen atoms in total. The van der Waals surface area contributed by atoms with E-state index in [-0.39, 0.29) is 0 Å². The second kappa shape index (κ2) is 21.7. The van der Waals surface area contributed by atoms with Crippen molar-refractivity contribution < 1.29 is 19.1 Å². The highest BCUT2D eigenvalue weighted by molar-refractivity contribution is 5.91. The Morgan fingerprint density at radius 2 is 1.07 bits per heavy atom. The average molecular weight is 395 g/mol. The third-order valence-corrected chi connectivity index (χ3v) is 4.53. The molecule has 0 radical (unpaired) electrons. The van der Waals surface area contributed by atoms with Gasteiger partial charge in [-0.1, -0.05) is 96.6 Å². The van der Waals surface area contributed by atoms with E-state index in [0.717, 1.165) is 31.4 Å². The molecule has 162 valence electrons. The zero-order chi connectivity index (χ0) is 20.7. The van der Waals surface area contributed by atoms with Gasteiger partial charge in [-0.15, -0.1) is 0 Å². The fourth-order valence-corrected chi connectivity index (χ4v) is 2.86. The van der Waals surface area contributed by atoms with E-state index in [1.165, 1.54) is 64.2 Å². The summed E-state index contributed by atoms with van der Waals surface area (Å²) in [6, 6.07) is 0. The normalized spacial score (nSPS) is 11.4. The monoisotopic (exact) mass is 394 g/mol. The highest BCUT2D eigenvalue weighted by Gasteiger charge is 2.01. The van der Waals surface area contributed by atoms with Gasteiger partial charge in [0.1, 0.15) is 0 Å². The molecule has 0 N–H and O–H groups in total. The summed E-state index contributed by atoms with van der Waals surface area (Å²) in [5, 5.41) is 0. The molecular formula is C24H42O4. The fraction of sp³-hybridized carbons (Fsp3) is 0.750. The van der Waals surface area contributed by atoms with Crippen LogP contribution in [0.1, 0.15) is 104 Å². The van der Waals surface area contributed by atoms with Gasteiger partial charge in [0.15, 0.2) is 0 Å². The number of unbranched alkanes of at least 4 members (excludes halogenated alkanes) is 11. The van der Waals surface area contributed by atoms with Gasteiger partial charge in [0, 0.05) is 12.2 Å². The maximum Gasteiger partial charge on any atom is 0.331 e. The first-order chi connectivity index (χ1) is 13.7. The average Bonchev–Trinajstić information content (AvgIpc) is 2.69. The maximum absolute atomic E-state index is 11.5. The molecule has 0 aliphatic heterocycles. The molecule has 0 aliphatic rings. The van der Waals surface area contributed by atoms with Crippen LogP contribution in [0.25, 0.3) is 0 Å². The molecule has 28 heavy (non-hydrogen) atoms. The highest BCUT2D eigenvalue weighted by atomic mass is 16.5. The first kappa shape index (κ1) is 26.4. The molecule has 0 aromatic carbocycles. The molecule has 0 spiro atoms. The summed E-state index contributed by atoms with van der Waals surface area (Å²) in [7, 11) is 0. The van der Waals surface area contributed by atoms with Crippen molar-refractivity contribution in [3.05, 3.63) is 24.3 Å². The SMILES string of the molecule is CC/C=C\CCOC(=O)/C=C/C(=O)OCCCCCCCCCCCCCC. The number of ether oxygens (including phenoxy) is 2. The molecule has 0 amide bonds. The molecule has 0 heterocycles. The van der Waals surface area contributed by atoms with Gasteiger partial charge in [0.2, 0.25) is 0 Å². The minimum absolute atomic E-state index is 0.327. The second-order valence-corrected chi connectivity index (χ2v) is 7.23. The topological polar surface area (TPSA) is 52.6 Å². The summed E-state index contributed by atoms with van der Waals surface area (Å²) in [5.74, 6) is -0.988. The van der Waals surface area contributed by atoms with E-state index in [4.69, 9.17) is 9.47 Å². The van der Waals surface area contributed by atoms with E-state index >= 15 is 0 Å². The number of carbonyl (C=O) groups is 2. The number of hydrogen-bond acceptors (Lipinski definition) is 4. The largest absolute Gasteiger partial charge is 0.463 e. The second-order valence-electron chi connectivity index (χ2n) is 7.23. The lowest BCUT2D eigenvalue weighted by atomic mass is 10.1. The molecule has 4 heteroatoms. The molecule has 0 aliphatic carbocycles. The van der Waals surface area contributed by atoms with Crippen molar-refractivity contribution in [1.82, 2.24) is 0 Å². The fourth-order valence-electron chi connectivity index (χ4n) is 2.86. The van der Waals surface area contributed by atoms with Crippen LogP contribution in [0.2, 0.25) is 0 Å². The Labute approximate surface area is 172 Å². The Hall–Kier alpha value is -1.58. The van der Waals surface area contributed by atoms with Crippen LogP contribution < -0.4 is 0 Å². The zero-order valence-corrected chi connectivity index (χ0v) is 18.3. The Bertz CT molecular complexity index is 426. The predicted molar refractivity (Wildman–Crippen MR) is 116 cm³/mol. The number of rotatable bonds is 19. The lowest BCUT2D eigenvalue weighted by molar-refractivity contribution is -0.140. The van der Waals surface area contributed by atoms with Crippen LogP contribution in [0.3, 0.4) is 0 Å².